The van der Waals surface area contributed by atoms with E-state index in [-0.39, 0.29) is 24.0 Å². The van der Waals surface area contributed by atoms with E-state index in [9.17, 15) is 9.90 Å². The Hall–Kier alpha value is -0.940. The van der Waals surface area contributed by atoms with Crippen molar-refractivity contribution >= 4 is 17.2 Å². The van der Waals surface area contributed by atoms with Gasteiger partial charge in [0.2, 0.25) is 5.91 Å². The van der Waals surface area contributed by atoms with Gasteiger partial charge in [-0.15, -0.1) is 11.3 Å². The number of nitrogens with one attached hydrogen (secondary N) is 1. The summed E-state index contributed by atoms with van der Waals surface area (Å²) in [6.45, 7) is 6.42. The van der Waals surface area contributed by atoms with Crippen LogP contribution in [-0.4, -0.2) is 28.6 Å². The molecule has 4 nitrogen and oxygen atoms in total. The van der Waals surface area contributed by atoms with Crippen LogP contribution in [-0.2, 0) is 11.2 Å². The molecule has 0 aromatic carbocycles. The third-order valence-corrected chi connectivity index (χ3v) is 5.79. The summed E-state index contributed by atoms with van der Waals surface area (Å²) in [7, 11) is 0. The summed E-state index contributed by atoms with van der Waals surface area (Å²) in [5.74, 6) is 0.449. The minimum absolute atomic E-state index is 0.0841. The second-order valence-electron chi connectivity index (χ2n) is 6.90. The largest absolute Gasteiger partial charge is 0.396 e. The topological polar surface area (TPSA) is 62.2 Å². The van der Waals surface area contributed by atoms with Crippen LogP contribution in [0.1, 0.15) is 56.7 Å². The monoisotopic (exact) mass is 324 g/mol. The third-order valence-electron chi connectivity index (χ3n) is 4.77. The number of amides is 1. The van der Waals surface area contributed by atoms with Crippen LogP contribution < -0.4 is 5.32 Å². The van der Waals surface area contributed by atoms with Gasteiger partial charge in [0.05, 0.1) is 11.6 Å². The van der Waals surface area contributed by atoms with Crippen molar-refractivity contribution in [1.29, 1.82) is 0 Å². The van der Waals surface area contributed by atoms with Gasteiger partial charge in [-0.1, -0.05) is 20.3 Å². The fourth-order valence-electron chi connectivity index (χ4n) is 3.39. The number of carbonyl (C=O) groups excluding carboxylic acids is 1. The smallest absolute Gasteiger partial charge is 0.220 e. The standard InChI is InChI=1S/C17H28N2O2S/c1-12(2)16(17(11-20)8-5-9-17)19-14(21)6-4-7-15-18-13(3)10-22-15/h10,12,16,20H,4-9,11H2,1-3H3,(H,19,21). The Kier molecular flexibility index (Phi) is 5.98. The fourth-order valence-corrected chi connectivity index (χ4v) is 4.21. The molecule has 0 aliphatic heterocycles. The summed E-state index contributed by atoms with van der Waals surface area (Å²) < 4.78 is 0. The molecule has 1 atom stereocenters. The van der Waals surface area contributed by atoms with Crippen LogP contribution in [0.4, 0.5) is 0 Å². The first-order chi connectivity index (χ1) is 10.5. The predicted octanol–water partition coefficient (Wildman–Crippen LogP) is 3.08. The van der Waals surface area contributed by atoms with Gasteiger partial charge in [-0.3, -0.25) is 4.79 Å². The van der Waals surface area contributed by atoms with Gasteiger partial charge in [-0.25, -0.2) is 4.98 Å². The molecule has 5 heteroatoms. The third kappa shape index (κ3) is 4.07. The minimum Gasteiger partial charge on any atom is -0.396 e. The lowest BCUT2D eigenvalue weighted by Crippen LogP contribution is -2.55. The van der Waals surface area contributed by atoms with E-state index in [1.807, 2.05) is 12.3 Å². The lowest BCUT2D eigenvalue weighted by atomic mass is 9.62. The van der Waals surface area contributed by atoms with E-state index in [4.69, 9.17) is 0 Å². The summed E-state index contributed by atoms with van der Waals surface area (Å²) in [5.41, 5.74) is 0.968. The van der Waals surface area contributed by atoms with Gasteiger partial charge < -0.3 is 10.4 Å². The van der Waals surface area contributed by atoms with E-state index in [0.717, 1.165) is 42.8 Å². The Bertz CT molecular complexity index is 489. The molecule has 0 radical (unpaired) electrons. The molecule has 0 saturated heterocycles. The van der Waals surface area contributed by atoms with Crippen molar-refractivity contribution in [3.05, 3.63) is 16.1 Å². The first kappa shape index (κ1) is 17.4. The summed E-state index contributed by atoms with van der Waals surface area (Å²) in [5, 5.41) is 16.1. The van der Waals surface area contributed by atoms with Crippen molar-refractivity contribution in [2.45, 2.75) is 65.3 Å². The highest BCUT2D eigenvalue weighted by Crippen LogP contribution is 2.45. The molecule has 0 spiro atoms. The molecule has 1 aliphatic carbocycles. The Morgan fingerprint density at radius 1 is 1.50 bits per heavy atom. The molecule has 1 aromatic heterocycles. The van der Waals surface area contributed by atoms with Crippen LogP contribution in [0.3, 0.4) is 0 Å². The summed E-state index contributed by atoms with van der Waals surface area (Å²) in [6, 6.07) is 0.0841. The maximum absolute atomic E-state index is 12.2. The van der Waals surface area contributed by atoms with Crippen LogP contribution in [0, 0.1) is 18.3 Å². The van der Waals surface area contributed by atoms with E-state index < -0.39 is 0 Å². The first-order valence-electron chi connectivity index (χ1n) is 8.28. The summed E-state index contributed by atoms with van der Waals surface area (Å²) in [6.07, 6.45) is 5.42. The molecule has 1 aromatic rings. The highest BCUT2D eigenvalue weighted by Gasteiger charge is 2.45. The van der Waals surface area contributed by atoms with Crippen molar-refractivity contribution in [2.75, 3.05) is 6.61 Å². The number of aliphatic hydroxyl groups excluding tert-OH is 1. The second kappa shape index (κ2) is 7.55. The Balaban J connectivity index is 1.81. The molecule has 2 rings (SSSR count). The maximum Gasteiger partial charge on any atom is 0.220 e. The van der Waals surface area contributed by atoms with Crippen molar-refractivity contribution in [3.8, 4) is 0 Å². The zero-order chi connectivity index (χ0) is 16.2. The normalized spacial score (nSPS) is 18.0. The van der Waals surface area contributed by atoms with Crippen LogP contribution in [0.15, 0.2) is 5.38 Å². The molecule has 1 unspecified atom stereocenters. The predicted molar refractivity (Wildman–Crippen MR) is 89.9 cm³/mol. The van der Waals surface area contributed by atoms with Crippen molar-refractivity contribution in [3.63, 3.8) is 0 Å². The molecule has 1 aliphatic rings. The number of carbonyl (C=O) groups is 1. The molecule has 2 N–H and O–H groups in total. The highest BCUT2D eigenvalue weighted by atomic mass is 32.1. The first-order valence-corrected chi connectivity index (χ1v) is 9.16. The van der Waals surface area contributed by atoms with Crippen molar-refractivity contribution in [2.24, 2.45) is 11.3 Å². The molecule has 0 bridgehead atoms. The molecular weight excluding hydrogens is 296 g/mol. The lowest BCUT2D eigenvalue weighted by molar-refractivity contribution is -0.125. The Labute approximate surface area is 137 Å². The number of aromatic nitrogens is 1. The molecule has 1 saturated carbocycles. The van der Waals surface area contributed by atoms with Crippen LogP contribution >= 0.6 is 11.3 Å². The molecule has 1 heterocycles. The average Bonchev–Trinajstić information content (AvgIpc) is 2.82. The molecule has 1 fully saturated rings. The Morgan fingerprint density at radius 2 is 2.23 bits per heavy atom. The van der Waals surface area contributed by atoms with Gasteiger partial charge in [-0.2, -0.15) is 0 Å². The van der Waals surface area contributed by atoms with Gasteiger partial charge in [0.15, 0.2) is 0 Å². The molecule has 1 amide bonds. The Morgan fingerprint density at radius 3 is 2.68 bits per heavy atom. The number of hydrogen-bond donors (Lipinski definition) is 2. The maximum atomic E-state index is 12.2. The van der Waals surface area contributed by atoms with Crippen LogP contribution in [0.25, 0.3) is 0 Å². The van der Waals surface area contributed by atoms with Crippen LogP contribution in [0.5, 0.6) is 0 Å². The molecular formula is C17H28N2O2S. The second-order valence-corrected chi connectivity index (χ2v) is 7.84. The number of nitrogens with zero attached hydrogens (tertiary/aromatic N) is 1. The minimum atomic E-state index is -0.0871. The zero-order valence-electron chi connectivity index (χ0n) is 13.9. The number of hydrogen-bond acceptors (Lipinski definition) is 4. The van der Waals surface area contributed by atoms with E-state index in [1.54, 1.807) is 11.3 Å². The van der Waals surface area contributed by atoms with E-state index >= 15 is 0 Å². The fraction of sp³-hybridized carbons (Fsp3) is 0.765. The average molecular weight is 324 g/mol. The van der Waals surface area contributed by atoms with E-state index in [2.05, 4.69) is 24.1 Å². The van der Waals surface area contributed by atoms with Crippen molar-refractivity contribution < 1.29 is 9.90 Å². The van der Waals surface area contributed by atoms with Gasteiger partial charge in [0.25, 0.3) is 0 Å². The number of rotatable bonds is 8. The summed E-state index contributed by atoms with van der Waals surface area (Å²) >= 11 is 1.66. The number of aliphatic hydroxyl groups is 1. The van der Waals surface area contributed by atoms with Crippen molar-refractivity contribution in [1.82, 2.24) is 10.3 Å². The highest BCUT2D eigenvalue weighted by molar-refractivity contribution is 7.09. The van der Waals surface area contributed by atoms with Crippen LogP contribution in [0.2, 0.25) is 0 Å². The summed E-state index contributed by atoms with van der Waals surface area (Å²) in [4.78, 5) is 16.7. The van der Waals surface area contributed by atoms with Gasteiger partial charge in [-0.05, 0) is 38.5 Å². The van der Waals surface area contributed by atoms with E-state index in [1.165, 1.54) is 0 Å². The number of thiazole rings is 1. The molecule has 22 heavy (non-hydrogen) atoms. The van der Waals surface area contributed by atoms with Gasteiger partial charge in [0.1, 0.15) is 0 Å². The lowest BCUT2D eigenvalue weighted by Gasteiger charge is -2.48. The quantitative estimate of drug-likeness (QED) is 0.772. The zero-order valence-corrected chi connectivity index (χ0v) is 14.7. The SMILES string of the molecule is Cc1csc(CCCC(=O)NC(C(C)C)C2(CO)CCC2)n1. The molecule has 124 valence electrons. The van der Waals surface area contributed by atoms with Gasteiger partial charge in [0, 0.05) is 29.0 Å². The number of aryl methyl sites for hydroxylation is 2. The van der Waals surface area contributed by atoms with Gasteiger partial charge >= 0.3 is 0 Å². The van der Waals surface area contributed by atoms with E-state index in [0.29, 0.717) is 12.3 Å².